The Bertz CT molecular complexity index is 812. The normalized spacial score (nSPS) is 11.2. The zero-order valence-corrected chi connectivity index (χ0v) is 12.9. The quantitative estimate of drug-likeness (QED) is 0.886. The predicted molar refractivity (Wildman–Crippen MR) is 76.8 cm³/mol. The summed E-state index contributed by atoms with van der Waals surface area (Å²) in [6.07, 6.45) is 0. The Morgan fingerprint density at radius 3 is 2.55 bits per heavy atom. The van der Waals surface area contributed by atoms with Crippen molar-refractivity contribution in [1.29, 1.82) is 0 Å². The Balaban J connectivity index is 2.50. The zero-order valence-electron chi connectivity index (χ0n) is 12.1. The number of ether oxygens (including phenoxy) is 1. The molecule has 0 aliphatic heterocycles. The van der Waals surface area contributed by atoms with Crippen LogP contribution in [-0.2, 0) is 10.0 Å². The Morgan fingerprint density at radius 2 is 2.05 bits per heavy atom. The molecule has 8 nitrogen and oxygen atoms in total. The highest BCUT2D eigenvalue weighted by molar-refractivity contribution is 7.92. The lowest BCUT2D eigenvalue weighted by Crippen LogP contribution is -2.27. The minimum Gasteiger partial charge on any atom is -0.496 e. The van der Waals surface area contributed by atoms with Gasteiger partial charge in [0.15, 0.2) is 5.82 Å². The van der Waals surface area contributed by atoms with Crippen LogP contribution in [0.4, 0.5) is 5.82 Å². The number of benzene rings is 1. The van der Waals surface area contributed by atoms with Crippen LogP contribution in [-0.4, -0.2) is 38.8 Å². The number of aromatic nitrogens is 1. The van der Waals surface area contributed by atoms with E-state index in [1.165, 1.54) is 32.4 Å². The van der Waals surface area contributed by atoms with Crippen molar-refractivity contribution < 1.29 is 27.6 Å². The van der Waals surface area contributed by atoms with E-state index >= 15 is 0 Å². The molecule has 0 amide bonds. The molecule has 0 unspecified atom stereocenters. The Morgan fingerprint density at radius 1 is 1.36 bits per heavy atom. The third-order valence-electron chi connectivity index (χ3n) is 3.00. The van der Waals surface area contributed by atoms with E-state index in [2.05, 4.69) is 5.16 Å². The van der Waals surface area contributed by atoms with Crippen molar-refractivity contribution in [3.63, 3.8) is 0 Å². The second-order valence-electron chi connectivity index (χ2n) is 4.44. The fraction of sp³-hybridized carbons (Fsp3) is 0.231. The second kappa shape index (κ2) is 5.68. The number of carboxylic acid groups (broad SMARTS) is 1. The number of hydrogen-bond donors (Lipinski definition) is 1. The molecule has 22 heavy (non-hydrogen) atoms. The van der Waals surface area contributed by atoms with Gasteiger partial charge in [0.25, 0.3) is 10.0 Å². The number of aromatic carboxylic acids is 1. The van der Waals surface area contributed by atoms with Crippen molar-refractivity contribution >= 4 is 21.8 Å². The number of anilines is 1. The molecule has 0 fully saturated rings. The molecule has 2 aromatic rings. The number of hydrogen-bond acceptors (Lipinski definition) is 6. The predicted octanol–water partition coefficient (Wildman–Crippen LogP) is 1.51. The summed E-state index contributed by atoms with van der Waals surface area (Å²) in [7, 11) is -1.36. The highest BCUT2D eigenvalue weighted by Crippen LogP contribution is 2.26. The molecule has 1 aromatic carbocycles. The molecule has 118 valence electrons. The highest BCUT2D eigenvalue weighted by Gasteiger charge is 2.26. The van der Waals surface area contributed by atoms with E-state index in [9.17, 15) is 13.2 Å². The summed E-state index contributed by atoms with van der Waals surface area (Å²) in [6, 6.07) is 5.06. The van der Waals surface area contributed by atoms with Crippen LogP contribution >= 0.6 is 0 Å². The second-order valence-corrected chi connectivity index (χ2v) is 6.40. The lowest BCUT2D eigenvalue weighted by atomic mass is 10.2. The molecule has 0 radical (unpaired) electrons. The topological polar surface area (TPSA) is 110 Å². The van der Waals surface area contributed by atoms with Gasteiger partial charge in [0, 0.05) is 13.1 Å². The third-order valence-corrected chi connectivity index (χ3v) is 4.76. The molecule has 2 rings (SSSR count). The maximum atomic E-state index is 12.5. The summed E-state index contributed by atoms with van der Waals surface area (Å²) in [5, 5.41) is 12.8. The smallest absolute Gasteiger partial charge is 0.339 e. The Kier molecular flexibility index (Phi) is 4.09. The minimum absolute atomic E-state index is 0.0754. The monoisotopic (exact) mass is 326 g/mol. The number of rotatable bonds is 5. The summed E-state index contributed by atoms with van der Waals surface area (Å²) < 4.78 is 35.7. The van der Waals surface area contributed by atoms with Crippen LogP contribution in [0.25, 0.3) is 0 Å². The molecule has 9 heteroatoms. The van der Waals surface area contributed by atoms with Gasteiger partial charge in [0.2, 0.25) is 0 Å². The molecule has 1 aromatic heterocycles. The molecule has 1 heterocycles. The number of carbonyl (C=O) groups is 1. The summed E-state index contributed by atoms with van der Waals surface area (Å²) in [5.74, 6) is -0.650. The van der Waals surface area contributed by atoms with Crippen LogP contribution in [0.5, 0.6) is 5.75 Å². The van der Waals surface area contributed by atoms with Gasteiger partial charge in [0.1, 0.15) is 17.1 Å². The van der Waals surface area contributed by atoms with Crippen LogP contribution in [0.15, 0.2) is 33.7 Å². The van der Waals surface area contributed by atoms with Crippen LogP contribution in [0, 0.1) is 6.92 Å². The first kappa shape index (κ1) is 15.8. The number of methoxy groups -OCH3 is 1. The van der Waals surface area contributed by atoms with E-state index in [4.69, 9.17) is 14.4 Å². The third kappa shape index (κ3) is 2.75. The maximum absolute atomic E-state index is 12.5. The van der Waals surface area contributed by atoms with E-state index in [-0.39, 0.29) is 22.0 Å². The summed E-state index contributed by atoms with van der Waals surface area (Å²) >= 11 is 0. The van der Waals surface area contributed by atoms with Gasteiger partial charge in [-0.05, 0) is 25.1 Å². The van der Waals surface area contributed by atoms with E-state index in [0.29, 0.717) is 5.76 Å². The molecule has 0 atom stereocenters. The summed E-state index contributed by atoms with van der Waals surface area (Å²) in [4.78, 5) is 11.0. The van der Waals surface area contributed by atoms with Crippen molar-refractivity contribution in [2.75, 3.05) is 18.5 Å². The Labute approximate surface area is 127 Å². The molecule has 0 saturated carbocycles. The zero-order chi connectivity index (χ0) is 16.5. The van der Waals surface area contributed by atoms with Gasteiger partial charge >= 0.3 is 5.97 Å². The SMILES string of the molecule is COc1ccc(S(=O)(=O)N(C)c2cc(C)on2)cc1C(=O)O. The number of aryl methyl sites for hydroxylation is 1. The number of nitrogens with zero attached hydrogens (tertiary/aromatic N) is 2. The average Bonchev–Trinajstić information content (AvgIpc) is 2.91. The van der Waals surface area contributed by atoms with Crippen LogP contribution < -0.4 is 9.04 Å². The molecular weight excluding hydrogens is 312 g/mol. The van der Waals surface area contributed by atoms with Gasteiger partial charge < -0.3 is 14.4 Å². The first-order valence-corrected chi connectivity index (χ1v) is 7.55. The number of sulfonamides is 1. The lowest BCUT2D eigenvalue weighted by molar-refractivity contribution is 0.0693. The van der Waals surface area contributed by atoms with Gasteiger partial charge in [-0.2, -0.15) is 0 Å². The van der Waals surface area contributed by atoms with Gasteiger partial charge in [-0.3, -0.25) is 4.31 Å². The Hall–Kier alpha value is -2.55. The first-order chi connectivity index (χ1) is 10.3. The van der Waals surface area contributed by atoms with Crippen molar-refractivity contribution in [2.45, 2.75) is 11.8 Å². The summed E-state index contributed by atoms with van der Waals surface area (Å²) in [6.45, 7) is 1.63. The maximum Gasteiger partial charge on any atom is 0.339 e. The van der Waals surface area contributed by atoms with Gasteiger partial charge in [-0.15, -0.1) is 0 Å². The van der Waals surface area contributed by atoms with Gasteiger partial charge in [-0.25, -0.2) is 13.2 Å². The van der Waals surface area contributed by atoms with Gasteiger partial charge in [-0.1, -0.05) is 5.16 Å². The van der Waals surface area contributed by atoms with Crippen molar-refractivity contribution in [3.05, 3.63) is 35.6 Å². The van der Waals surface area contributed by atoms with E-state index < -0.39 is 16.0 Å². The van der Waals surface area contributed by atoms with Crippen LogP contribution in [0.3, 0.4) is 0 Å². The van der Waals surface area contributed by atoms with Crippen molar-refractivity contribution in [3.8, 4) is 5.75 Å². The fourth-order valence-electron chi connectivity index (χ4n) is 1.80. The van der Waals surface area contributed by atoms with Crippen molar-refractivity contribution in [2.24, 2.45) is 0 Å². The standard InChI is InChI=1S/C13H14N2O6S/c1-8-6-12(14-21-8)15(2)22(18,19)9-4-5-11(20-3)10(7-9)13(16)17/h4-7H,1-3H3,(H,16,17). The molecule has 0 aliphatic carbocycles. The lowest BCUT2D eigenvalue weighted by Gasteiger charge is -2.16. The molecule has 0 aliphatic rings. The largest absolute Gasteiger partial charge is 0.496 e. The van der Waals surface area contributed by atoms with E-state index in [0.717, 1.165) is 10.4 Å². The van der Waals surface area contributed by atoms with Crippen LogP contribution in [0.1, 0.15) is 16.1 Å². The summed E-state index contributed by atoms with van der Waals surface area (Å²) in [5.41, 5.74) is -0.242. The van der Waals surface area contributed by atoms with E-state index in [1.54, 1.807) is 6.92 Å². The fourth-order valence-corrected chi connectivity index (χ4v) is 2.95. The van der Waals surface area contributed by atoms with Gasteiger partial charge in [0.05, 0.1) is 12.0 Å². The minimum atomic E-state index is -3.97. The molecule has 0 bridgehead atoms. The first-order valence-electron chi connectivity index (χ1n) is 6.11. The molecule has 0 saturated heterocycles. The van der Waals surface area contributed by atoms with Crippen LogP contribution in [0.2, 0.25) is 0 Å². The molecular formula is C13H14N2O6S. The van der Waals surface area contributed by atoms with Crippen molar-refractivity contribution in [1.82, 2.24) is 5.16 Å². The average molecular weight is 326 g/mol. The molecule has 0 spiro atoms. The van der Waals surface area contributed by atoms with E-state index in [1.807, 2.05) is 0 Å². The highest BCUT2D eigenvalue weighted by atomic mass is 32.2. The number of carboxylic acids is 1. The molecule has 1 N–H and O–H groups in total.